The Morgan fingerprint density at radius 3 is 2.16 bits per heavy atom. The van der Waals surface area contributed by atoms with Crippen LogP contribution in [0.5, 0.6) is 0 Å². The van der Waals surface area contributed by atoms with Crippen LogP contribution in [0.15, 0.2) is 4.99 Å². The maximum atomic E-state index is 12.2. The quantitative estimate of drug-likeness (QED) is 0.344. The lowest BCUT2D eigenvalue weighted by Crippen LogP contribution is -2.43. The number of ether oxygens (including phenoxy) is 1. The summed E-state index contributed by atoms with van der Waals surface area (Å²) in [5, 5.41) is 8.59. The zero-order chi connectivity index (χ0) is 19.5. The highest BCUT2D eigenvalue weighted by Crippen LogP contribution is 2.14. The van der Waals surface area contributed by atoms with E-state index in [0.717, 1.165) is 0 Å². The minimum Gasteiger partial charge on any atom is -0.444 e. The summed E-state index contributed by atoms with van der Waals surface area (Å²) in [6, 6.07) is 0. The van der Waals surface area contributed by atoms with Gasteiger partial charge in [0.1, 0.15) is 5.60 Å². The van der Waals surface area contributed by atoms with Gasteiger partial charge >= 0.3 is 12.3 Å². The molecule has 1 amide bonds. The highest BCUT2D eigenvalue weighted by atomic mass is 19.4. The highest BCUT2D eigenvalue weighted by Gasteiger charge is 2.28. The Hall–Kier alpha value is -1.71. The number of likely N-dealkylation sites (N-methyl/N-ethyl adjacent to an activating group) is 1. The fourth-order valence-electron chi connectivity index (χ4n) is 1.77. The van der Waals surface area contributed by atoms with Crippen molar-refractivity contribution in [2.75, 3.05) is 46.8 Å². The van der Waals surface area contributed by atoms with Crippen LogP contribution in [0, 0.1) is 0 Å². The summed E-state index contributed by atoms with van der Waals surface area (Å²) >= 11 is 0. The van der Waals surface area contributed by atoms with Crippen LogP contribution in [0.4, 0.5) is 18.0 Å². The molecular weight excluding hydrogens is 339 g/mol. The first kappa shape index (κ1) is 23.3. The average Bonchev–Trinajstić information content (AvgIpc) is 2.41. The second-order valence-electron chi connectivity index (χ2n) is 6.56. The van der Waals surface area contributed by atoms with E-state index in [4.69, 9.17) is 4.74 Å². The molecule has 0 aromatic carbocycles. The van der Waals surface area contributed by atoms with Gasteiger partial charge in [-0.3, -0.25) is 9.89 Å². The zero-order valence-corrected chi connectivity index (χ0v) is 15.6. The van der Waals surface area contributed by atoms with Crippen LogP contribution in [-0.2, 0) is 4.74 Å². The van der Waals surface area contributed by atoms with E-state index in [1.54, 1.807) is 27.8 Å². The van der Waals surface area contributed by atoms with Crippen molar-refractivity contribution in [2.45, 2.75) is 39.0 Å². The fourth-order valence-corrected chi connectivity index (χ4v) is 1.77. The van der Waals surface area contributed by atoms with Crippen LogP contribution < -0.4 is 16.0 Å². The van der Waals surface area contributed by atoms with Gasteiger partial charge in [0.2, 0.25) is 0 Å². The van der Waals surface area contributed by atoms with Gasteiger partial charge in [0, 0.05) is 33.2 Å². The molecule has 148 valence electrons. The van der Waals surface area contributed by atoms with Crippen molar-refractivity contribution in [1.29, 1.82) is 0 Å². The van der Waals surface area contributed by atoms with E-state index >= 15 is 0 Å². The number of alkyl carbamates (subject to hydrolysis) is 1. The van der Waals surface area contributed by atoms with E-state index in [1.165, 1.54) is 11.9 Å². The Morgan fingerprint density at radius 1 is 1.08 bits per heavy atom. The summed E-state index contributed by atoms with van der Waals surface area (Å²) in [6.45, 7) is 5.97. The Kier molecular flexibility index (Phi) is 10.3. The van der Waals surface area contributed by atoms with Gasteiger partial charge in [-0.05, 0) is 34.2 Å². The number of hydrogen-bond acceptors (Lipinski definition) is 4. The van der Waals surface area contributed by atoms with Gasteiger partial charge in [0.05, 0.1) is 6.54 Å². The van der Waals surface area contributed by atoms with Crippen LogP contribution in [0.1, 0.15) is 27.2 Å². The normalized spacial score (nSPS) is 12.9. The predicted molar refractivity (Wildman–Crippen MR) is 91.8 cm³/mol. The number of aliphatic imine (C=N–C) groups is 1. The number of amides is 1. The molecule has 0 radical (unpaired) electrons. The molecule has 0 aliphatic carbocycles. The Balaban J connectivity index is 3.81. The van der Waals surface area contributed by atoms with Crippen molar-refractivity contribution in [2.24, 2.45) is 4.99 Å². The number of nitrogens with one attached hydrogen (secondary N) is 3. The molecule has 0 aliphatic rings. The molecule has 0 saturated heterocycles. The number of hydrogen-bond donors (Lipinski definition) is 3. The molecule has 25 heavy (non-hydrogen) atoms. The number of carbonyl (C=O) groups is 1. The fraction of sp³-hybridized carbons (Fsp3) is 0.867. The standard InChI is InChI=1S/C15H30F3N5O2/c1-14(2,3)25-13(24)22-8-6-7-20-12(19-4)21-9-10-23(5)11-15(16,17)18/h6-11H2,1-5H3,(H,22,24)(H2,19,20,21). The zero-order valence-electron chi connectivity index (χ0n) is 15.6. The third kappa shape index (κ3) is 15.6. The van der Waals surface area contributed by atoms with E-state index < -0.39 is 24.4 Å². The van der Waals surface area contributed by atoms with Crippen LogP contribution in [0.25, 0.3) is 0 Å². The molecular formula is C15H30F3N5O2. The maximum Gasteiger partial charge on any atom is 0.407 e. The molecule has 3 N–H and O–H groups in total. The maximum absolute atomic E-state index is 12.2. The summed E-state index contributed by atoms with van der Waals surface area (Å²) in [7, 11) is 2.99. The molecule has 0 aromatic rings. The van der Waals surface area contributed by atoms with E-state index in [1.807, 2.05) is 0 Å². The average molecular weight is 369 g/mol. The lowest BCUT2D eigenvalue weighted by Gasteiger charge is -2.20. The van der Waals surface area contributed by atoms with Gasteiger partial charge in [-0.25, -0.2) is 4.79 Å². The summed E-state index contributed by atoms with van der Waals surface area (Å²) in [5.41, 5.74) is -0.534. The number of halogens is 3. The first-order valence-electron chi connectivity index (χ1n) is 8.09. The second kappa shape index (κ2) is 11.0. The van der Waals surface area contributed by atoms with Gasteiger partial charge in [-0.15, -0.1) is 0 Å². The van der Waals surface area contributed by atoms with Gasteiger partial charge in [-0.2, -0.15) is 13.2 Å². The molecule has 0 bridgehead atoms. The van der Waals surface area contributed by atoms with Crippen LogP contribution >= 0.6 is 0 Å². The van der Waals surface area contributed by atoms with Crippen LogP contribution in [0.3, 0.4) is 0 Å². The van der Waals surface area contributed by atoms with Crippen molar-refractivity contribution in [1.82, 2.24) is 20.9 Å². The minimum absolute atomic E-state index is 0.237. The van der Waals surface area contributed by atoms with Crippen molar-refractivity contribution >= 4 is 12.1 Å². The third-order valence-corrected chi connectivity index (χ3v) is 2.77. The minimum atomic E-state index is -4.20. The third-order valence-electron chi connectivity index (χ3n) is 2.77. The van der Waals surface area contributed by atoms with Crippen molar-refractivity contribution < 1.29 is 22.7 Å². The largest absolute Gasteiger partial charge is 0.444 e. The smallest absolute Gasteiger partial charge is 0.407 e. The molecule has 7 nitrogen and oxygen atoms in total. The molecule has 0 aliphatic heterocycles. The van der Waals surface area contributed by atoms with Crippen LogP contribution in [-0.4, -0.2) is 75.5 Å². The molecule has 0 rings (SSSR count). The second-order valence-corrected chi connectivity index (χ2v) is 6.56. The first-order valence-corrected chi connectivity index (χ1v) is 8.09. The number of alkyl halides is 3. The lowest BCUT2D eigenvalue weighted by atomic mass is 10.2. The van der Waals surface area contributed by atoms with E-state index in [9.17, 15) is 18.0 Å². The van der Waals surface area contributed by atoms with Gasteiger partial charge in [-0.1, -0.05) is 0 Å². The van der Waals surface area contributed by atoms with E-state index in [2.05, 4.69) is 20.9 Å². The number of carbonyl (C=O) groups excluding carboxylic acids is 1. The molecule has 0 aromatic heterocycles. The predicted octanol–water partition coefficient (Wildman–Crippen LogP) is 1.56. The summed E-state index contributed by atoms with van der Waals surface area (Å²) in [4.78, 5) is 16.6. The summed E-state index contributed by atoms with van der Waals surface area (Å²) in [6.07, 6.45) is -4.02. The Labute approximate surface area is 147 Å². The Morgan fingerprint density at radius 2 is 1.64 bits per heavy atom. The molecule has 0 saturated carbocycles. The van der Waals surface area contributed by atoms with Gasteiger partial charge < -0.3 is 20.7 Å². The van der Waals surface area contributed by atoms with Gasteiger partial charge in [0.25, 0.3) is 0 Å². The topological polar surface area (TPSA) is 78.0 Å². The first-order chi connectivity index (χ1) is 11.4. The number of nitrogens with zero attached hydrogens (tertiary/aromatic N) is 2. The number of rotatable bonds is 8. The molecule has 0 fully saturated rings. The summed E-state index contributed by atoms with van der Waals surface area (Å²) in [5.74, 6) is 0.498. The van der Waals surface area contributed by atoms with Gasteiger partial charge in [0.15, 0.2) is 5.96 Å². The van der Waals surface area contributed by atoms with Crippen LogP contribution in [0.2, 0.25) is 0 Å². The monoisotopic (exact) mass is 369 g/mol. The summed E-state index contributed by atoms with van der Waals surface area (Å²) < 4.78 is 41.7. The van der Waals surface area contributed by atoms with Crippen molar-refractivity contribution in [3.8, 4) is 0 Å². The molecule has 10 heteroatoms. The lowest BCUT2D eigenvalue weighted by molar-refractivity contribution is -0.142. The van der Waals surface area contributed by atoms with E-state index in [-0.39, 0.29) is 6.54 Å². The number of guanidine groups is 1. The van der Waals surface area contributed by atoms with Crippen molar-refractivity contribution in [3.63, 3.8) is 0 Å². The molecule has 0 spiro atoms. The molecule has 0 unspecified atom stereocenters. The molecule has 0 heterocycles. The molecule has 0 atom stereocenters. The highest BCUT2D eigenvalue weighted by molar-refractivity contribution is 5.79. The van der Waals surface area contributed by atoms with Crippen molar-refractivity contribution in [3.05, 3.63) is 0 Å². The Bertz CT molecular complexity index is 422. The van der Waals surface area contributed by atoms with E-state index in [0.29, 0.717) is 32.0 Å². The SMILES string of the molecule is CN=C(NCCCNC(=O)OC(C)(C)C)NCCN(C)CC(F)(F)F.